The fourth-order valence-electron chi connectivity index (χ4n) is 1.54. The van der Waals surface area contributed by atoms with Gasteiger partial charge < -0.3 is 10.1 Å². The number of carbonyl (C=O) groups excluding carboxylic acids is 1. The summed E-state index contributed by atoms with van der Waals surface area (Å²) in [5.74, 6) is -0.0660. The largest absolute Gasteiger partial charge is 0.496 e. The van der Waals surface area contributed by atoms with Gasteiger partial charge in [0.1, 0.15) is 5.75 Å². The van der Waals surface area contributed by atoms with E-state index in [0.29, 0.717) is 12.3 Å². The van der Waals surface area contributed by atoms with Crippen LogP contribution in [0, 0.1) is 0 Å². The number of hydrogen-bond acceptors (Lipinski definition) is 4. The molecule has 0 bridgehead atoms. The predicted octanol–water partition coefficient (Wildman–Crippen LogP) is 0.909. The van der Waals surface area contributed by atoms with Crippen LogP contribution in [0.4, 0.5) is 0 Å². The average molecular weight is 298 g/mol. The van der Waals surface area contributed by atoms with Crippen LogP contribution in [-0.4, -0.2) is 34.5 Å². The molecule has 0 saturated carbocycles. The van der Waals surface area contributed by atoms with E-state index in [2.05, 4.69) is 16.6 Å². The Bertz CT molecular complexity index is 596. The molecule has 0 spiro atoms. The topological polar surface area (TPSA) is 84.5 Å². The summed E-state index contributed by atoms with van der Waals surface area (Å²) in [6.07, 6.45) is 1.44. The predicted molar refractivity (Wildman–Crippen MR) is 76.4 cm³/mol. The minimum atomic E-state index is -3.68. The van der Waals surface area contributed by atoms with Crippen LogP contribution >= 0.6 is 0 Å². The van der Waals surface area contributed by atoms with Crippen LogP contribution in [0.2, 0.25) is 0 Å². The van der Waals surface area contributed by atoms with Crippen LogP contribution in [-0.2, 0) is 10.0 Å². The Morgan fingerprint density at radius 3 is 2.70 bits per heavy atom. The monoisotopic (exact) mass is 298 g/mol. The zero-order valence-electron chi connectivity index (χ0n) is 11.5. The Hall–Kier alpha value is -1.86. The van der Waals surface area contributed by atoms with Crippen LogP contribution < -0.4 is 14.8 Å². The maximum absolute atomic E-state index is 12.0. The van der Waals surface area contributed by atoms with Crippen LogP contribution in [0.5, 0.6) is 5.75 Å². The highest BCUT2D eigenvalue weighted by Gasteiger charge is 2.18. The number of benzene rings is 1. The van der Waals surface area contributed by atoms with Gasteiger partial charge in [0, 0.05) is 13.1 Å². The van der Waals surface area contributed by atoms with E-state index in [1.54, 1.807) is 6.92 Å². The van der Waals surface area contributed by atoms with Gasteiger partial charge in [-0.05, 0) is 25.1 Å². The molecule has 6 nitrogen and oxygen atoms in total. The zero-order chi connectivity index (χ0) is 15.2. The van der Waals surface area contributed by atoms with Crippen molar-refractivity contribution < 1.29 is 17.9 Å². The molecule has 0 saturated heterocycles. The average Bonchev–Trinajstić information content (AvgIpc) is 2.44. The summed E-state index contributed by atoms with van der Waals surface area (Å²) in [7, 11) is -2.26. The normalized spacial score (nSPS) is 10.9. The van der Waals surface area contributed by atoms with Crippen molar-refractivity contribution in [3.63, 3.8) is 0 Å². The van der Waals surface area contributed by atoms with Gasteiger partial charge in [-0.3, -0.25) is 4.79 Å². The third-order valence-electron chi connectivity index (χ3n) is 2.48. The highest BCUT2D eigenvalue weighted by Crippen LogP contribution is 2.22. The minimum Gasteiger partial charge on any atom is -0.496 e. The summed E-state index contributed by atoms with van der Waals surface area (Å²) in [5, 5.41) is 2.61. The first kappa shape index (κ1) is 16.2. The van der Waals surface area contributed by atoms with Gasteiger partial charge in [0.15, 0.2) is 0 Å². The summed E-state index contributed by atoms with van der Waals surface area (Å²) in [6.45, 7) is 5.77. The molecule has 0 unspecified atom stereocenters. The van der Waals surface area contributed by atoms with Crippen LogP contribution in [0.25, 0.3) is 0 Å². The standard InChI is InChI=1S/C13H18N2O4S/c1-4-8-15-20(17,18)10-6-7-12(19-3)11(9-10)13(16)14-5-2/h4,6-7,9,15H,1,5,8H2,2-3H3,(H,14,16). The maximum atomic E-state index is 12.0. The van der Waals surface area contributed by atoms with Crippen molar-refractivity contribution in [2.45, 2.75) is 11.8 Å². The van der Waals surface area contributed by atoms with Gasteiger partial charge in [-0.15, -0.1) is 6.58 Å². The lowest BCUT2D eigenvalue weighted by Crippen LogP contribution is -2.26. The molecule has 0 aromatic heterocycles. The first-order valence-electron chi connectivity index (χ1n) is 6.03. The molecule has 7 heteroatoms. The lowest BCUT2D eigenvalue weighted by atomic mass is 10.2. The van der Waals surface area contributed by atoms with Gasteiger partial charge in [0.25, 0.3) is 5.91 Å². The molecule has 0 fully saturated rings. The molecule has 0 atom stereocenters. The van der Waals surface area contributed by atoms with Crippen molar-refractivity contribution in [2.24, 2.45) is 0 Å². The number of rotatable bonds is 7. The third kappa shape index (κ3) is 3.82. The van der Waals surface area contributed by atoms with Crippen LogP contribution in [0.1, 0.15) is 17.3 Å². The van der Waals surface area contributed by atoms with E-state index >= 15 is 0 Å². The Morgan fingerprint density at radius 2 is 2.15 bits per heavy atom. The number of methoxy groups -OCH3 is 1. The SMILES string of the molecule is C=CCNS(=O)(=O)c1ccc(OC)c(C(=O)NCC)c1. The number of ether oxygens (including phenoxy) is 1. The van der Waals surface area contributed by atoms with Crippen LogP contribution in [0.3, 0.4) is 0 Å². The minimum absolute atomic E-state index is 0.00130. The summed E-state index contributed by atoms with van der Waals surface area (Å²) >= 11 is 0. The zero-order valence-corrected chi connectivity index (χ0v) is 12.3. The number of hydrogen-bond donors (Lipinski definition) is 2. The van der Waals surface area contributed by atoms with Crippen molar-refractivity contribution in [2.75, 3.05) is 20.2 Å². The molecule has 110 valence electrons. The van der Waals surface area contributed by atoms with Gasteiger partial charge in [-0.25, -0.2) is 13.1 Å². The molecule has 20 heavy (non-hydrogen) atoms. The molecule has 1 aromatic carbocycles. The highest BCUT2D eigenvalue weighted by atomic mass is 32.2. The van der Waals surface area contributed by atoms with Crippen molar-refractivity contribution in [3.05, 3.63) is 36.4 Å². The molecular formula is C13H18N2O4S. The number of nitrogens with one attached hydrogen (secondary N) is 2. The van der Waals surface area contributed by atoms with Gasteiger partial charge in [0.2, 0.25) is 10.0 Å². The van der Waals surface area contributed by atoms with E-state index in [9.17, 15) is 13.2 Å². The molecule has 1 aromatic rings. The Kier molecular flexibility index (Phi) is 5.72. The fourth-order valence-corrected chi connectivity index (χ4v) is 2.56. The molecule has 0 aliphatic rings. The van der Waals surface area contributed by atoms with Crippen molar-refractivity contribution in [3.8, 4) is 5.75 Å². The Balaban J connectivity index is 3.22. The van der Waals surface area contributed by atoms with E-state index in [1.165, 1.54) is 31.4 Å². The maximum Gasteiger partial charge on any atom is 0.255 e. The van der Waals surface area contributed by atoms with Crippen molar-refractivity contribution in [1.82, 2.24) is 10.0 Å². The first-order valence-corrected chi connectivity index (χ1v) is 7.51. The van der Waals surface area contributed by atoms with Crippen molar-refractivity contribution >= 4 is 15.9 Å². The number of amides is 1. The van der Waals surface area contributed by atoms with E-state index in [0.717, 1.165) is 0 Å². The molecule has 0 aliphatic heterocycles. The van der Waals surface area contributed by atoms with E-state index in [-0.39, 0.29) is 22.9 Å². The van der Waals surface area contributed by atoms with E-state index in [1.807, 2.05) is 0 Å². The number of carbonyl (C=O) groups is 1. The first-order chi connectivity index (χ1) is 9.46. The molecule has 0 radical (unpaired) electrons. The third-order valence-corrected chi connectivity index (χ3v) is 3.90. The summed E-state index contributed by atoms with van der Waals surface area (Å²) in [6, 6.07) is 4.12. The second-order valence-electron chi connectivity index (χ2n) is 3.86. The molecule has 0 heterocycles. The lowest BCUT2D eigenvalue weighted by molar-refractivity contribution is 0.0952. The van der Waals surface area contributed by atoms with Gasteiger partial charge in [-0.2, -0.15) is 0 Å². The van der Waals surface area contributed by atoms with Gasteiger partial charge >= 0.3 is 0 Å². The smallest absolute Gasteiger partial charge is 0.255 e. The second kappa shape index (κ2) is 7.06. The van der Waals surface area contributed by atoms with Crippen molar-refractivity contribution in [1.29, 1.82) is 0 Å². The molecule has 2 N–H and O–H groups in total. The fraction of sp³-hybridized carbons (Fsp3) is 0.308. The molecule has 1 amide bonds. The molecule has 0 aliphatic carbocycles. The summed E-state index contributed by atoms with van der Waals surface area (Å²) in [5.41, 5.74) is 0.177. The Labute approximate surface area is 118 Å². The molecule has 1 rings (SSSR count). The van der Waals surface area contributed by atoms with Gasteiger partial charge in [0.05, 0.1) is 17.6 Å². The van der Waals surface area contributed by atoms with E-state index < -0.39 is 10.0 Å². The quantitative estimate of drug-likeness (QED) is 0.733. The molecular weight excluding hydrogens is 280 g/mol. The summed E-state index contributed by atoms with van der Waals surface area (Å²) < 4.78 is 31.4. The van der Waals surface area contributed by atoms with Gasteiger partial charge in [-0.1, -0.05) is 6.08 Å². The lowest BCUT2D eigenvalue weighted by Gasteiger charge is -2.11. The Morgan fingerprint density at radius 1 is 1.45 bits per heavy atom. The number of sulfonamides is 1. The summed E-state index contributed by atoms with van der Waals surface area (Å²) in [4.78, 5) is 11.9. The highest BCUT2D eigenvalue weighted by molar-refractivity contribution is 7.89. The second-order valence-corrected chi connectivity index (χ2v) is 5.63. The van der Waals surface area contributed by atoms with Crippen LogP contribution in [0.15, 0.2) is 35.7 Å². The van der Waals surface area contributed by atoms with E-state index in [4.69, 9.17) is 4.74 Å².